The highest BCUT2D eigenvalue weighted by molar-refractivity contribution is 5.76. The Morgan fingerprint density at radius 2 is 2.08 bits per heavy atom. The number of rotatable bonds is 7. The van der Waals surface area contributed by atoms with Crippen LogP contribution in [0.25, 0.3) is 0 Å². The number of hydrogen-bond acceptors (Lipinski definition) is 5. The topological polar surface area (TPSA) is 102 Å². The Labute approximate surface area is 139 Å². The fourth-order valence-corrected chi connectivity index (χ4v) is 2.34. The molecule has 1 amide bonds. The normalized spacial score (nSPS) is 10.9. The van der Waals surface area contributed by atoms with Crippen molar-refractivity contribution < 1.29 is 9.72 Å². The fraction of sp³-hybridized carbons (Fsp3) is 0.312. The van der Waals surface area contributed by atoms with Crippen LogP contribution in [-0.4, -0.2) is 26.8 Å². The molecule has 0 aliphatic rings. The molecule has 0 bridgehead atoms. The van der Waals surface area contributed by atoms with E-state index >= 15 is 0 Å². The van der Waals surface area contributed by atoms with E-state index in [4.69, 9.17) is 0 Å². The lowest BCUT2D eigenvalue weighted by molar-refractivity contribution is -0.386. The molecule has 8 heteroatoms. The second-order valence-corrected chi connectivity index (χ2v) is 5.31. The first-order valence-corrected chi connectivity index (χ1v) is 7.51. The van der Waals surface area contributed by atoms with E-state index in [1.165, 1.54) is 10.2 Å². The van der Waals surface area contributed by atoms with Crippen LogP contribution in [0.1, 0.15) is 23.4 Å². The molecular weight excluding hydrogens is 310 g/mol. The van der Waals surface area contributed by atoms with Crippen LogP contribution in [0.4, 0.5) is 5.69 Å². The van der Waals surface area contributed by atoms with Gasteiger partial charge in [-0.3, -0.25) is 19.6 Å². The number of nitro groups is 1. The van der Waals surface area contributed by atoms with Crippen molar-refractivity contribution in [2.75, 3.05) is 0 Å². The van der Waals surface area contributed by atoms with Crippen molar-refractivity contribution in [1.29, 1.82) is 0 Å². The molecule has 2 aromatic rings. The summed E-state index contributed by atoms with van der Waals surface area (Å²) in [4.78, 5) is 22.3. The number of nitrogens with zero attached hydrogens (tertiary/aromatic N) is 4. The van der Waals surface area contributed by atoms with Gasteiger partial charge in [0.05, 0.1) is 4.92 Å². The molecule has 0 fully saturated rings. The van der Waals surface area contributed by atoms with Gasteiger partial charge < -0.3 is 0 Å². The molecule has 0 spiro atoms. The molecule has 1 aromatic heterocycles. The lowest BCUT2D eigenvalue weighted by Gasteiger charge is -2.02. The number of aromatic nitrogens is 2. The average Bonchev–Trinajstić information content (AvgIpc) is 2.82. The number of hydrogen-bond donors (Lipinski definition) is 1. The molecule has 0 saturated carbocycles. The highest BCUT2D eigenvalue weighted by Gasteiger charge is 2.22. The van der Waals surface area contributed by atoms with Crippen LogP contribution in [-0.2, 0) is 17.8 Å². The van der Waals surface area contributed by atoms with Gasteiger partial charge in [0.15, 0.2) is 0 Å². The van der Waals surface area contributed by atoms with E-state index in [1.54, 1.807) is 20.1 Å². The molecule has 0 atom stereocenters. The van der Waals surface area contributed by atoms with Gasteiger partial charge in [-0.25, -0.2) is 5.43 Å². The zero-order chi connectivity index (χ0) is 17.5. The summed E-state index contributed by atoms with van der Waals surface area (Å²) in [6.07, 6.45) is 3.17. The molecule has 8 nitrogen and oxygen atoms in total. The van der Waals surface area contributed by atoms with Gasteiger partial charge in [0.2, 0.25) is 0 Å². The van der Waals surface area contributed by atoms with Gasteiger partial charge in [0, 0.05) is 6.21 Å². The SMILES string of the molecule is Cc1nn(CC(=O)N/N=C/CCc2ccccc2)c(C)c1[N+](=O)[O-]. The Kier molecular flexibility index (Phi) is 5.78. The van der Waals surface area contributed by atoms with Crippen LogP contribution in [0, 0.1) is 24.0 Å². The summed E-state index contributed by atoms with van der Waals surface area (Å²) >= 11 is 0. The third-order valence-corrected chi connectivity index (χ3v) is 3.50. The van der Waals surface area contributed by atoms with Crippen molar-refractivity contribution in [3.8, 4) is 0 Å². The van der Waals surface area contributed by atoms with E-state index in [2.05, 4.69) is 15.6 Å². The molecular formula is C16H19N5O3. The molecule has 1 N–H and O–H groups in total. The summed E-state index contributed by atoms with van der Waals surface area (Å²) in [5.74, 6) is -0.383. The molecule has 1 heterocycles. The molecule has 0 unspecified atom stereocenters. The standard InChI is InChI=1S/C16H19N5O3/c1-12-16(21(23)24)13(2)20(19-12)11-15(22)18-17-10-6-9-14-7-4-3-5-8-14/h3-5,7-8,10H,6,9,11H2,1-2H3,(H,18,22)/b17-10+. The van der Waals surface area contributed by atoms with E-state index in [0.717, 1.165) is 6.42 Å². The van der Waals surface area contributed by atoms with Crippen LogP contribution in [0.5, 0.6) is 0 Å². The van der Waals surface area contributed by atoms with E-state index in [-0.39, 0.29) is 23.8 Å². The lowest BCUT2D eigenvalue weighted by Crippen LogP contribution is -2.24. The first-order valence-electron chi connectivity index (χ1n) is 7.51. The van der Waals surface area contributed by atoms with Gasteiger partial charge in [-0.1, -0.05) is 30.3 Å². The monoisotopic (exact) mass is 329 g/mol. The van der Waals surface area contributed by atoms with Crippen LogP contribution in [0.3, 0.4) is 0 Å². The lowest BCUT2D eigenvalue weighted by atomic mass is 10.1. The second kappa shape index (κ2) is 8.00. The Morgan fingerprint density at radius 3 is 2.71 bits per heavy atom. The highest BCUT2D eigenvalue weighted by Crippen LogP contribution is 2.21. The van der Waals surface area contributed by atoms with Gasteiger partial charge in [-0.05, 0) is 32.3 Å². The molecule has 126 valence electrons. The molecule has 1 aromatic carbocycles. The highest BCUT2D eigenvalue weighted by atomic mass is 16.6. The molecule has 0 radical (unpaired) electrons. The minimum atomic E-state index is -0.492. The second-order valence-electron chi connectivity index (χ2n) is 5.31. The van der Waals surface area contributed by atoms with E-state index in [0.29, 0.717) is 12.1 Å². The Hall–Kier alpha value is -3.03. The van der Waals surface area contributed by atoms with Gasteiger partial charge in [-0.15, -0.1) is 0 Å². The number of amides is 1. The maximum absolute atomic E-state index is 11.8. The van der Waals surface area contributed by atoms with Crippen LogP contribution >= 0.6 is 0 Å². The maximum Gasteiger partial charge on any atom is 0.312 e. The first kappa shape index (κ1) is 17.3. The molecule has 0 aliphatic heterocycles. The third kappa shape index (κ3) is 4.48. The van der Waals surface area contributed by atoms with Crippen molar-refractivity contribution in [3.63, 3.8) is 0 Å². The number of aryl methyl sites for hydroxylation is 2. The molecule has 24 heavy (non-hydrogen) atoms. The fourth-order valence-electron chi connectivity index (χ4n) is 2.34. The summed E-state index contributed by atoms with van der Waals surface area (Å²) in [6.45, 7) is 2.99. The van der Waals surface area contributed by atoms with E-state index in [1.807, 2.05) is 30.3 Å². The predicted molar refractivity (Wildman–Crippen MR) is 89.8 cm³/mol. The summed E-state index contributed by atoms with van der Waals surface area (Å²) in [5.41, 5.74) is 4.18. The number of carbonyl (C=O) groups excluding carboxylic acids is 1. The molecule has 2 rings (SSSR count). The van der Waals surface area contributed by atoms with Crippen molar-refractivity contribution in [1.82, 2.24) is 15.2 Å². The number of benzene rings is 1. The average molecular weight is 329 g/mol. The summed E-state index contributed by atoms with van der Waals surface area (Å²) in [6, 6.07) is 9.97. The first-order chi connectivity index (χ1) is 11.5. The van der Waals surface area contributed by atoms with Crippen molar-refractivity contribution in [2.45, 2.75) is 33.2 Å². The maximum atomic E-state index is 11.8. The quantitative estimate of drug-likeness (QED) is 0.477. The Bertz CT molecular complexity index is 753. The summed E-state index contributed by atoms with van der Waals surface area (Å²) in [5, 5.41) is 18.8. The van der Waals surface area contributed by atoms with Crippen molar-refractivity contribution >= 4 is 17.8 Å². The predicted octanol–water partition coefficient (Wildman–Crippen LogP) is 2.14. The van der Waals surface area contributed by atoms with Gasteiger partial charge in [0.25, 0.3) is 5.91 Å². The van der Waals surface area contributed by atoms with Crippen LogP contribution in [0.15, 0.2) is 35.4 Å². The smallest absolute Gasteiger partial charge is 0.271 e. The zero-order valence-corrected chi connectivity index (χ0v) is 13.6. The number of nitrogens with one attached hydrogen (secondary N) is 1. The third-order valence-electron chi connectivity index (χ3n) is 3.50. The Balaban J connectivity index is 1.82. The Morgan fingerprint density at radius 1 is 1.38 bits per heavy atom. The van der Waals surface area contributed by atoms with E-state index in [9.17, 15) is 14.9 Å². The van der Waals surface area contributed by atoms with Crippen LogP contribution < -0.4 is 5.43 Å². The van der Waals surface area contributed by atoms with Crippen molar-refractivity contribution in [2.24, 2.45) is 5.10 Å². The minimum absolute atomic E-state index is 0.0610. The largest absolute Gasteiger partial charge is 0.312 e. The molecule has 0 saturated heterocycles. The summed E-state index contributed by atoms with van der Waals surface area (Å²) < 4.78 is 1.31. The van der Waals surface area contributed by atoms with Gasteiger partial charge in [0.1, 0.15) is 17.9 Å². The van der Waals surface area contributed by atoms with E-state index < -0.39 is 4.92 Å². The molecule has 0 aliphatic carbocycles. The zero-order valence-electron chi connectivity index (χ0n) is 13.6. The van der Waals surface area contributed by atoms with Gasteiger partial charge in [-0.2, -0.15) is 10.2 Å². The summed E-state index contributed by atoms with van der Waals surface area (Å²) in [7, 11) is 0. The number of carbonyl (C=O) groups is 1. The minimum Gasteiger partial charge on any atom is -0.271 e. The van der Waals surface area contributed by atoms with Gasteiger partial charge >= 0.3 is 5.69 Å². The number of hydrazone groups is 1. The van der Waals surface area contributed by atoms with Crippen LogP contribution in [0.2, 0.25) is 0 Å². The van der Waals surface area contributed by atoms with Crippen molar-refractivity contribution in [3.05, 3.63) is 57.4 Å².